The van der Waals surface area contributed by atoms with Crippen molar-refractivity contribution in [3.8, 4) is 16.3 Å². The van der Waals surface area contributed by atoms with Crippen LogP contribution in [-0.2, 0) is 16.0 Å². The number of aryl methyl sites for hydroxylation is 1. The third-order valence-corrected chi connectivity index (χ3v) is 5.22. The fraction of sp³-hybridized carbons (Fsp3) is 0.190. The number of rotatable bonds is 6. The van der Waals surface area contributed by atoms with Gasteiger partial charge in [0.2, 0.25) is 11.8 Å². The molecule has 3 aromatic rings. The number of ether oxygens (including phenoxy) is 1. The molecule has 0 spiro atoms. The molecule has 6 nitrogen and oxygen atoms in total. The summed E-state index contributed by atoms with van der Waals surface area (Å²) >= 11 is 1.51. The highest BCUT2D eigenvalue weighted by molar-refractivity contribution is 7.15. The van der Waals surface area contributed by atoms with Crippen molar-refractivity contribution in [2.24, 2.45) is 0 Å². The molecule has 0 fully saturated rings. The summed E-state index contributed by atoms with van der Waals surface area (Å²) in [5.41, 5.74) is 3.11. The second kappa shape index (κ2) is 8.67. The highest BCUT2D eigenvalue weighted by Gasteiger charge is 2.13. The van der Waals surface area contributed by atoms with Crippen LogP contribution in [0.25, 0.3) is 10.6 Å². The molecule has 1 aromatic heterocycles. The number of anilines is 2. The maximum absolute atomic E-state index is 12.5. The summed E-state index contributed by atoms with van der Waals surface area (Å²) in [5, 5.41) is 6.44. The number of hydrogen-bond donors (Lipinski definition) is 2. The zero-order chi connectivity index (χ0) is 20.1. The number of benzene rings is 2. The molecular weight excluding hydrogens is 374 g/mol. The van der Waals surface area contributed by atoms with Gasteiger partial charge in [-0.05, 0) is 49.4 Å². The van der Waals surface area contributed by atoms with Gasteiger partial charge in [0.05, 0.1) is 19.2 Å². The van der Waals surface area contributed by atoms with E-state index in [2.05, 4.69) is 15.6 Å². The van der Waals surface area contributed by atoms with Crippen molar-refractivity contribution in [3.63, 3.8) is 0 Å². The summed E-state index contributed by atoms with van der Waals surface area (Å²) in [6.07, 6.45) is 0.240. The van der Waals surface area contributed by atoms with Gasteiger partial charge in [0, 0.05) is 28.7 Å². The quantitative estimate of drug-likeness (QED) is 0.653. The van der Waals surface area contributed by atoms with Crippen LogP contribution in [0.1, 0.15) is 17.5 Å². The van der Waals surface area contributed by atoms with Gasteiger partial charge >= 0.3 is 0 Å². The number of thiazole rings is 1. The van der Waals surface area contributed by atoms with Crippen LogP contribution in [-0.4, -0.2) is 23.9 Å². The van der Waals surface area contributed by atoms with E-state index < -0.39 is 0 Å². The smallest absolute Gasteiger partial charge is 0.229 e. The first-order chi connectivity index (χ1) is 13.4. The van der Waals surface area contributed by atoms with E-state index in [9.17, 15) is 9.59 Å². The van der Waals surface area contributed by atoms with Crippen LogP contribution < -0.4 is 15.4 Å². The maximum atomic E-state index is 12.5. The summed E-state index contributed by atoms with van der Waals surface area (Å²) in [6, 6.07) is 14.7. The Labute approximate surface area is 167 Å². The minimum Gasteiger partial charge on any atom is -0.497 e. The first-order valence-corrected chi connectivity index (χ1v) is 9.54. The number of nitrogens with one attached hydrogen (secondary N) is 2. The minimum absolute atomic E-state index is 0.131. The van der Waals surface area contributed by atoms with Crippen LogP contribution in [0.4, 0.5) is 11.4 Å². The summed E-state index contributed by atoms with van der Waals surface area (Å²) in [4.78, 5) is 29.1. The van der Waals surface area contributed by atoms with E-state index in [1.807, 2.05) is 31.2 Å². The largest absolute Gasteiger partial charge is 0.497 e. The molecule has 0 aliphatic carbocycles. The van der Waals surface area contributed by atoms with Crippen LogP contribution in [0, 0.1) is 6.92 Å². The van der Waals surface area contributed by atoms with E-state index in [0.717, 1.165) is 26.9 Å². The minimum atomic E-state index is -0.158. The Morgan fingerprint density at radius 3 is 2.39 bits per heavy atom. The standard InChI is InChI=1S/C21H21N3O3S/c1-13-19(28-21(22-13)15-7-9-18(27-3)10-8-15)12-20(26)24-17-6-4-5-16(11-17)23-14(2)25/h4-11H,12H2,1-3H3,(H,23,25)(H,24,26). The average molecular weight is 395 g/mol. The molecule has 2 N–H and O–H groups in total. The fourth-order valence-corrected chi connectivity index (χ4v) is 3.74. The molecule has 2 amide bonds. The lowest BCUT2D eigenvalue weighted by Gasteiger charge is -2.07. The van der Waals surface area contributed by atoms with Crippen molar-refractivity contribution in [1.29, 1.82) is 0 Å². The van der Waals surface area contributed by atoms with Crippen molar-refractivity contribution < 1.29 is 14.3 Å². The van der Waals surface area contributed by atoms with E-state index >= 15 is 0 Å². The highest BCUT2D eigenvalue weighted by atomic mass is 32.1. The maximum Gasteiger partial charge on any atom is 0.229 e. The normalized spacial score (nSPS) is 10.4. The van der Waals surface area contributed by atoms with Crippen molar-refractivity contribution in [2.45, 2.75) is 20.3 Å². The van der Waals surface area contributed by atoms with E-state index in [-0.39, 0.29) is 18.2 Å². The molecule has 0 atom stereocenters. The number of aromatic nitrogens is 1. The number of nitrogens with zero attached hydrogens (tertiary/aromatic N) is 1. The monoisotopic (exact) mass is 395 g/mol. The predicted molar refractivity (Wildman–Crippen MR) is 112 cm³/mol. The lowest BCUT2D eigenvalue weighted by Crippen LogP contribution is -2.14. The van der Waals surface area contributed by atoms with Crippen LogP contribution in [0.15, 0.2) is 48.5 Å². The second-order valence-electron chi connectivity index (χ2n) is 6.24. The highest BCUT2D eigenvalue weighted by Crippen LogP contribution is 2.29. The SMILES string of the molecule is COc1ccc(-c2nc(C)c(CC(=O)Nc3cccc(NC(C)=O)c3)s2)cc1. The third-order valence-electron chi connectivity index (χ3n) is 4.02. The molecule has 2 aromatic carbocycles. The molecule has 0 aliphatic heterocycles. The predicted octanol–water partition coefficient (Wildman–Crippen LogP) is 4.27. The molecule has 144 valence electrons. The van der Waals surface area contributed by atoms with Crippen molar-refractivity contribution in [1.82, 2.24) is 4.98 Å². The van der Waals surface area contributed by atoms with E-state index in [4.69, 9.17) is 4.74 Å². The van der Waals surface area contributed by atoms with Gasteiger partial charge in [-0.3, -0.25) is 9.59 Å². The number of hydrogen-bond acceptors (Lipinski definition) is 5. The van der Waals surface area contributed by atoms with Crippen LogP contribution in [0.2, 0.25) is 0 Å². The third kappa shape index (κ3) is 4.95. The lowest BCUT2D eigenvalue weighted by molar-refractivity contribution is -0.115. The molecule has 0 aliphatic rings. The topological polar surface area (TPSA) is 80.3 Å². The molecule has 0 saturated heterocycles. The molecular formula is C21H21N3O3S. The zero-order valence-corrected chi connectivity index (χ0v) is 16.7. The molecule has 0 unspecified atom stereocenters. The van der Waals surface area contributed by atoms with Gasteiger partial charge in [0.1, 0.15) is 10.8 Å². The van der Waals surface area contributed by atoms with Gasteiger partial charge in [-0.2, -0.15) is 0 Å². The van der Waals surface area contributed by atoms with Crippen LogP contribution in [0.3, 0.4) is 0 Å². The molecule has 0 radical (unpaired) electrons. The molecule has 28 heavy (non-hydrogen) atoms. The second-order valence-corrected chi connectivity index (χ2v) is 7.33. The van der Waals surface area contributed by atoms with Gasteiger partial charge in [-0.1, -0.05) is 6.07 Å². The van der Waals surface area contributed by atoms with E-state index in [0.29, 0.717) is 11.4 Å². The lowest BCUT2D eigenvalue weighted by atomic mass is 10.2. The van der Waals surface area contributed by atoms with E-state index in [1.165, 1.54) is 18.3 Å². The Morgan fingerprint density at radius 2 is 1.75 bits per heavy atom. The van der Waals surface area contributed by atoms with Crippen LogP contribution in [0.5, 0.6) is 5.75 Å². The molecule has 7 heteroatoms. The average Bonchev–Trinajstić information content (AvgIpc) is 3.02. The number of methoxy groups -OCH3 is 1. The summed E-state index contributed by atoms with van der Waals surface area (Å²) < 4.78 is 5.18. The Kier molecular flexibility index (Phi) is 6.06. The molecule has 0 bridgehead atoms. The first-order valence-electron chi connectivity index (χ1n) is 8.73. The van der Waals surface area contributed by atoms with Gasteiger partial charge in [0.15, 0.2) is 0 Å². The fourth-order valence-electron chi connectivity index (χ4n) is 2.68. The Morgan fingerprint density at radius 1 is 1.07 bits per heavy atom. The number of carbonyl (C=O) groups excluding carboxylic acids is 2. The Balaban J connectivity index is 1.69. The first kappa shape index (κ1) is 19.6. The number of carbonyl (C=O) groups is 2. The summed E-state index contributed by atoms with van der Waals surface area (Å²) in [5.74, 6) is 0.501. The molecule has 0 saturated carbocycles. The van der Waals surface area contributed by atoms with Gasteiger partial charge in [-0.15, -0.1) is 11.3 Å². The van der Waals surface area contributed by atoms with Gasteiger partial charge in [0.25, 0.3) is 0 Å². The molecule has 3 rings (SSSR count). The van der Waals surface area contributed by atoms with E-state index in [1.54, 1.807) is 31.4 Å². The van der Waals surface area contributed by atoms with Gasteiger partial charge < -0.3 is 15.4 Å². The van der Waals surface area contributed by atoms with Gasteiger partial charge in [-0.25, -0.2) is 4.98 Å². The Hall–Kier alpha value is -3.19. The Bertz CT molecular complexity index is 996. The van der Waals surface area contributed by atoms with Crippen molar-refractivity contribution >= 4 is 34.5 Å². The summed E-state index contributed by atoms with van der Waals surface area (Å²) in [7, 11) is 1.63. The number of amides is 2. The summed E-state index contributed by atoms with van der Waals surface area (Å²) in [6.45, 7) is 3.35. The van der Waals surface area contributed by atoms with Crippen LogP contribution >= 0.6 is 11.3 Å². The van der Waals surface area contributed by atoms with Crippen molar-refractivity contribution in [3.05, 3.63) is 59.1 Å². The zero-order valence-electron chi connectivity index (χ0n) is 15.9. The molecule has 1 heterocycles. The van der Waals surface area contributed by atoms with Crippen molar-refractivity contribution in [2.75, 3.05) is 17.7 Å².